The van der Waals surface area contributed by atoms with Gasteiger partial charge in [-0.1, -0.05) is 54.6 Å². The minimum absolute atomic E-state index is 0.211. The van der Waals surface area contributed by atoms with E-state index < -0.39 is 0 Å². The van der Waals surface area contributed by atoms with Gasteiger partial charge in [0.05, 0.1) is 11.8 Å². The van der Waals surface area contributed by atoms with Crippen molar-refractivity contribution in [1.82, 2.24) is 4.98 Å². The number of allylic oxidation sites excluding steroid dienone is 2. The predicted octanol–water partition coefficient (Wildman–Crippen LogP) is 6.19. The van der Waals surface area contributed by atoms with Crippen LogP contribution in [0.3, 0.4) is 0 Å². The molecular formula is C25H27NO. The summed E-state index contributed by atoms with van der Waals surface area (Å²) in [5.41, 5.74) is 4.57. The van der Waals surface area contributed by atoms with Crippen LogP contribution in [-0.4, -0.2) is 16.2 Å². The number of fused-ring (bicyclic) bond motifs is 1. The third-order valence-electron chi connectivity index (χ3n) is 4.68. The van der Waals surface area contributed by atoms with Gasteiger partial charge in [0.1, 0.15) is 0 Å². The zero-order chi connectivity index (χ0) is 19.1. The van der Waals surface area contributed by atoms with E-state index in [1.54, 1.807) is 0 Å². The van der Waals surface area contributed by atoms with Crippen LogP contribution in [0.25, 0.3) is 28.1 Å². The van der Waals surface area contributed by atoms with Gasteiger partial charge in [-0.15, -0.1) is 6.58 Å². The van der Waals surface area contributed by atoms with Crippen molar-refractivity contribution >= 4 is 16.8 Å². The van der Waals surface area contributed by atoms with Gasteiger partial charge in [-0.25, -0.2) is 0 Å². The summed E-state index contributed by atoms with van der Waals surface area (Å²) in [6.45, 7) is 5.62. The standard InChI is InChI=1S/C25H27NO/c1-3-7-20-10-13-22(14-11-20)25-17-23-15-12-21(16-24(23)18-26-25)9-6-4-5-8-19(2)27/h3,6,9-19,27H,1,4-5,7-8H2,2H3/b9-6+. The smallest absolute Gasteiger partial charge is 0.0708 e. The summed E-state index contributed by atoms with van der Waals surface area (Å²) in [5.74, 6) is 0. The highest BCUT2D eigenvalue weighted by molar-refractivity contribution is 5.87. The van der Waals surface area contributed by atoms with E-state index >= 15 is 0 Å². The molecule has 0 bridgehead atoms. The number of aliphatic hydroxyl groups excluding tert-OH is 1. The van der Waals surface area contributed by atoms with Crippen molar-refractivity contribution in [2.24, 2.45) is 0 Å². The van der Waals surface area contributed by atoms with E-state index in [1.165, 1.54) is 16.5 Å². The first-order valence-electron chi connectivity index (χ1n) is 9.60. The maximum Gasteiger partial charge on any atom is 0.0708 e. The molecule has 1 unspecified atom stereocenters. The first kappa shape index (κ1) is 19.1. The molecule has 0 amide bonds. The van der Waals surface area contributed by atoms with Crippen molar-refractivity contribution in [2.45, 2.75) is 38.7 Å². The quantitative estimate of drug-likeness (QED) is 0.385. The lowest BCUT2D eigenvalue weighted by atomic mass is 10.0. The van der Waals surface area contributed by atoms with Gasteiger partial charge in [0, 0.05) is 17.1 Å². The molecule has 0 spiro atoms. The van der Waals surface area contributed by atoms with E-state index in [9.17, 15) is 5.11 Å². The second kappa shape index (κ2) is 9.29. The molecule has 0 aliphatic rings. The predicted molar refractivity (Wildman–Crippen MR) is 116 cm³/mol. The lowest BCUT2D eigenvalue weighted by molar-refractivity contribution is 0.182. The van der Waals surface area contributed by atoms with Crippen molar-refractivity contribution in [3.05, 3.63) is 84.6 Å². The average Bonchev–Trinajstić information content (AvgIpc) is 2.68. The lowest BCUT2D eigenvalue weighted by Gasteiger charge is -2.05. The molecule has 1 aromatic heterocycles. The van der Waals surface area contributed by atoms with Crippen molar-refractivity contribution in [2.75, 3.05) is 0 Å². The van der Waals surface area contributed by atoms with Gasteiger partial charge in [0.15, 0.2) is 0 Å². The van der Waals surface area contributed by atoms with Crippen LogP contribution in [0.5, 0.6) is 0 Å². The highest BCUT2D eigenvalue weighted by Crippen LogP contribution is 2.24. The third-order valence-corrected chi connectivity index (χ3v) is 4.68. The second-order valence-electron chi connectivity index (χ2n) is 7.05. The fourth-order valence-electron chi connectivity index (χ4n) is 3.15. The Morgan fingerprint density at radius 2 is 1.89 bits per heavy atom. The van der Waals surface area contributed by atoms with E-state index in [2.05, 4.69) is 72.2 Å². The molecule has 0 saturated carbocycles. The van der Waals surface area contributed by atoms with Gasteiger partial charge in [-0.3, -0.25) is 4.98 Å². The van der Waals surface area contributed by atoms with Crippen molar-refractivity contribution in [3.8, 4) is 11.3 Å². The van der Waals surface area contributed by atoms with Crippen LogP contribution in [0.1, 0.15) is 37.3 Å². The van der Waals surface area contributed by atoms with E-state index in [0.29, 0.717) is 0 Å². The molecule has 1 N–H and O–H groups in total. The Hall–Kier alpha value is -2.71. The van der Waals surface area contributed by atoms with Gasteiger partial charge in [0.25, 0.3) is 0 Å². The van der Waals surface area contributed by atoms with Crippen LogP contribution >= 0.6 is 0 Å². The van der Waals surface area contributed by atoms with Crippen molar-refractivity contribution < 1.29 is 5.11 Å². The minimum atomic E-state index is -0.211. The normalized spacial score (nSPS) is 12.5. The molecule has 2 nitrogen and oxygen atoms in total. The van der Waals surface area contributed by atoms with Gasteiger partial charge in [0.2, 0.25) is 0 Å². The van der Waals surface area contributed by atoms with Crippen molar-refractivity contribution in [3.63, 3.8) is 0 Å². The Morgan fingerprint density at radius 1 is 1.07 bits per heavy atom. The summed E-state index contributed by atoms with van der Waals surface area (Å²) < 4.78 is 0. The first-order valence-corrected chi connectivity index (χ1v) is 9.60. The Bertz CT molecular complexity index is 923. The average molecular weight is 357 g/mol. The molecule has 27 heavy (non-hydrogen) atoms. The monoisotopic (exact) mass is 357 g/mol. The number of aromatic nitrogens is 1. The summed E-state index contributed by atoms with van der Waals surface area (Å²) in [5, 5.41) is 11.6. The lowest BCUT2D eigenvalue weighted by Crippen LogP contribution is -1.97. The molecule has 2 heteroatoms. The Balaban J connectivity index is 1.73. The van der Waals surface area contributed by atoms with E-state index in [1.807, 2.05) is 19.2 Å². The molecule has 0 radical (unpaired) electrons. The largest absolute Gasteiger partial charge is 0.393 e. The van der Waals surface area contributed by atoms with Crippen LogP contribution in [-0.2, 0) is 6.42 Å². The van der Waals surface area contributed by atoms with Crippen LogP contribution in [0.15, 0.2) is 73.5 Å². The molecule has 3 aromatic rings. The number of nitrogens with zero attached hydrogens (tertiary/aromatic N) is 1. The molecule has 3 rings (SSSR count). The molecular weight excluding hydrogens is 330 g/mol. The number of rotatable bonds is 8. The highest BCUT2D eigenvalue weighted by atomic mass is 16.3. The Kier molecular flexibility index (Phi) is 6.56. The third kappa shape index (κ3) is 5.38. The van der Waals surface area contributed by atoms with Crippen LogP contribution in [0.4, 0.5) is 0 Å². The molecule has 0 fully saturated rings. The number of hydrogen-bond donors (Lipinski definition) is 1. The van der Waals surface area contributed by atoms with Crippen LogP contribution in [0.2, 0.25) is 0 Å². The van der Waals surface area contributed by atoms with Gasteiger partial charge < -0.3 is 5.11 Å². The fraction of sp³-hybridized carbons (Fsp3) is 0.240. The van der Waals surface area contributed by atoms with Crippen LogP contribution in [0, 0.1) is 0 Å². The summed E-state index contributed by atoms with van der Waals surface area (Å²) in [4.78, 5) is 4.65. The Labute approximate surface area is 161 Å². The van der Waals surface area contributed by atoms with Gasteiger partial charge >= 0.3 is 0 Å². The summed E-state index contributed by atoms with van der Waals surface area (Å²) in [6, 6.07) is 17.1. The molecule has 138 valence electrons. The molecule has 1 atom stereocenters. The maximum absolute atomic E-state index is 9.29. The fourth-order valence-corrected chi connectivity index (χ4v) is 3.15. The molecule has 1 heterocycles. The highest BCUT2D eigenvalue weighted by Gasteiger charge is 2.02. The SMILES string of the molecule is C=CCc1ccc(-c2cc3ccc(/C=C/CCCC(C)O)cc3cn2)cc1. The van der Waals surface area contributed by atoms with Crippen LogP contribution < -0.4 is 0 Å². The topological polar surface area (TPSA) is 33.1 Å². The zero-order valence-corrected chi connectivity index (χ0v) is 15.9. The molecule has 0 saturated heterocycles. The first-order chi connectivity index (χ1) is 13.2. The summed E-state index contributed by atoms with van der Waals surface area (Å²) >= 11 is 0. The second-order valence-corrected chi connectivity index (χ2v) is 7.05. The number of pyridine rings is 1. The Morgan fingerprint density at radius 3 is 2.63 bits per heavy atom. The zero-order valence-electron chi connectivity index (χ0n) is 15.9. The number of aliphatic hydroxyl groups is 1. The summed E-state index contributed by atoms with van der Waals surface area (Å²) in [7, 11) is 0. The molecule has 0 aliphatic heterocycles. The maximum atomic E-state index is 9.29. The number of hydrogen-bond acceptors (Lipinski definition) is 2. The summed E-state index contributed by atoms with van der Waals surface area (Å²) in [6.07, 6.45) is 11.7. The van der Waals surface area contributed by atoms with Gasteiger partial charge in [-0.05, 0) is 61.3 Å². The van der Waals surface area contributed by atoms with E-state index in [4.69, 9.17) is 0 Å². The number of unbranched alkanes of at least 4 members (excludes halogenated alkanes) is 1. The minimum Gasteiger partial charge on any atom is -0.393 e. The molecule has 0 aliphatic carbocycles. The van der Waals surface area contributed by atoms with Gasteiger partial charge in [-0.2, -0.15) is 0 Å². The molecule has 2 aromatic carbocycles. The van der Waals surface area contributed by atoms with Crippen molar-refractivity contribution in [1.29, 1.82) is 0 Å². The van der Waals surface area contributed by atoms with E-state index in [0.717, 1.165) is 42.3 Å². The number of benzene rings is 2. The van der Waals surface area contributed by atoms with E-state index in [-0.39, 0.29) is 6.10 Å².